The number of hydrogen-bond acceptors (Lipinski definition) is 12. The number of carboxylic acid groups (broad SMARTS) is 1. The van der Waals surface area contributed by atoms with Crippen LogP contribution in [-0.4, -0.2) is 108 Å². The number of aromatic carboxylic acids is 1. The van der Waals surface area contributed by atoms with E-state index >= 15 is 8.78 Å². The first-order chi connectivity index (χ1) is 39.9. The highest BCUT2D eigenvalue weighted by molar-refractivity contribution is 6.06. The number of benzene rings is 5. The van der Waals surface area contributed by atoms with Gasteiger partial charge in [-0.15, -0.1) is 0 Å². The molecule has 0 bridgehead atoms. The smallest absolute Gasteiger partial charge is 0.335 e. The molecule has 4 N–H and O–H groups in total. The van der Waals surface area contributed by atoms with Crippen LogP contribution in [0.4, 0.5) is 39.5 Å². The van der Waals surface area contributed by atoms with E-state index in [9.17, 15) is 37.5 Å². The number of halogens is 5. The number of carbonyl (C=O) groups excluding carboxylic acids is 1. The zero-order valence-corrected chi connectivity index (χ0v) is 46.7. The molecule has 5 aromatic carbocycles. The van der Waals surface area contributed by atoms with Crippen molar-refractivity contribution in [1.29, 1.82) is 0 Å². The van der Waals surface area contributed by atoms with E-state index in [0.29, 0.717) is 57.6 Å². The highest BCUT2D eigenvalue weighted by Gasteiger charge is 2.24. The molecule has 0 atom stereocenters. The minimum atomic E-state index is -1.11. The molecule has 9 aromatic rings. The molecule has 4 heterocycles. The fourth-order valence-corrected chi connectivity index (χ4v) is 9.49. The van der Waals surface area contributed by atoms with Gasteiger partial charge in [0.1, 0.15) is 40.5 Å². The fourth-order valence-electron chi connectivity index (χ4n) is 9.49. The lowest BCUT2D eigenvalue weighted by Crippen LogP contribution is -2.25. The Bertz CT molecular complexity index is 3920. The lowest BCUT2D eigenvalue weighted by atomic mass is 9.99. The van der Waals surface area contributed by atoms with Crippen molar-refractivity contribution in [3.05, 3.63) is 193 Å². The van der Waals surface area contributed by atoms with Crippen LogP contribution in [-0.2, 0) is 0 Å². The van der Waals surface area contributed by atoms with Crippen LogP contribution in [0.2, 0.25) is 0 Å². The summed E-state index contributed by atoms with van der Waals surface area (Å²) in [4.78, 5) is 74.1. The molecule has 0 aliphatic carbocycles. The van der Waals surface area contributed by atoms with Gasteiger partial charge in [-0.3, -0.25) is 23.5 Å². The van der Waals surface area contributed by atoms with Crippen LogP contribution >= 0.6 is 0 Å². The predicted octanol–water partition coefficient (Wildman–Crippen LogP) is 11.4. The molecular formula is C62H62F5N11O5. The Morgan fingerprint density at radius 2 is 0.940 bits per heavy atom. The molecule has 0 fully saturated rings. The number of amides is 1. The summed E-state index contributed by atoms with van der Waals surface area (Å²) in [5.74, 6) is -5.33. The summed E-state index contributed by atoms with van der Waals surface area (Å²) < 4.78 is 74.9. The molecular weight excluding hydrogens is 1070 g/mol. The molecule has 0 aliphatic rings. The number of carboxylic acids is 1. The summed E-state index contributed by atoms with van der Waals surface area (Å²) in [6.45, 7) is 18.4. The predicted molar refractivity (Wildman–Crippen MR) is 314 cm³/mol. The Labute approximate surface area is 475 Å². The fraction of sp³-hybridized carbons (Fsp3) is 0.258. The van der Waals surface area contributed by atoms with Crippen LogP contribution in [0.5, 0.6) is 0 Å². The average Bonchev–Trinajstić information content (AvgIpc) is 3.58. The van der Waals surface area contributed by atoms with Crippen molar-refractivity contribution < 1.29 is 36.6 Å². The number of nitrogens with zero attached hydrogens (tertiary/aromatic N) is 8. The lowest BCUT2D eigenvalue weighted by Gasteiger charge is -2.18. The maximum absolute atomic E-state index is 15.0. The molecule has 0 aliphatic heterocycles. The Kier molecular flexibility index (Phi) is 19.5. The standard InChI is InChI=1S/C34H33F3N6O2.C28H29F2N5O3/c1-4-42(5-2)19-7-18-38-34-40-30(25-16-17-29(44)43(32(25)41-34)31-27(36)8-6-9-28(31)37)26-20-22(11-10-21(26)3)33(45)39-24-14-12-23(35)13-15-24;1-4-34(5-2)15-7-14-31-28-32-24(20-16-18(27(37)38)11-10-17(20)3)19-12-13-23(36)35(26(19)33-28)25-21(29)8-6-9-22(25)30/h6,8-17,20H,4-5,7,18-19H2,1-3H3,(H,39,45)(H,38,40,41);6,8-13,16H,4-5,7,14-15H2,1-3H3,(H,37,38)(H,31,32,33). The molecule has 21 heteroatoms. The Balaban J connectivity index is 0.000000220. The third-order valence-corrected chi connectivity index (χ3v) is 14.1. The van der Waals surface area contributed by atoms with Gasteiger partial charge >= 0.3 is 5.97 Å². The van der Waals surface area contributed by atoms with Gasteiger partial charge in [0.15, 0.2) is 11.3 Å². The van der Waals surface area contributed by atoms with E-state index in [1.54, 1.807) is 31.2 Å². The molecule has 0 radical (unpaired) electrons. The van der Waals surface area contributed by atoms with Gasteiger partial charge in [0.05, 0.1) is 17.0 Å². The average molecular weight is 1140 g/mol. The number of aromatic nitrogens is 6. The highest BCUT2D eigenvalue weighted by Crippen LogP contribution is 2.34. The number of para-hydroxylation sites is 2. The third kappa shape index (κ3) is 13.8. The molecule has 16 nitrogen and oxygen atoms in total. The zero-order chi connectivity index (χ0) is 59.5. The van der Waals surface area contributed by atoms with Gasteiger partial charge in [-0.1, -0.05) is 52.0 Å². The molecule has 0 unspecified atom stereocenters. The third-order valence-electron chi connectivity index (χ3n) is 14.1. The van der Waals surface area contributed by atoms with Crippen molar-refractivity contribution in [3.63, 3.8) is 0 Å². The molecule has 0 saturated heterocycles. The normalized spacial score (nSPS) is 11.3. The van der Waals surface area contributed by atoms with Gasteiger partial charge < -0.3 is 30.9 Å². The lowest BCUT2D eigenvalue weighted by molar-refractivity contribution is 0.0696. The van der Waals surface area contributed by atoms with Crippen LogP contribution in [0.3, 0.4) is 0 Å². The number of fused-ring (bicyclic) bond motifs is 2. The number of aryl methyl sites for hydroxylation is 2. The van der Waals surface area contributed by atoms with Gasteiger partial charge in [0.2, 0.25) is 11.9 Å². The zero-order valence-electron chi connectivity index (χ0n) is 46.7. The Hall–Kier alpha value is -9.21. The SMILES string of the molecule is CCN(CC)CCCNc1nc(-c2cc(C(=O)Nc3ccc(F)cc3)ccc2C)c2ccc(=O)n(-c3c(F)cccc3F)c2n1.CCN(CC)CCCNc1nc(-c2cc(C(=O)O)ccc2C)c2ccc(=O)n(-c3c(F)cccc3F)c2n1. The van der Waals surface area contributed by atoms with E-state index in [4.69, 9.17) is 4.98 Å². The van der Waals surface area contributed by atoms with Crippen molar-refractivity contribution in [2.45, 2.75) is 54.4 Å². The number of rotatable bonds is 21. The van der Waals surface area contributed by atoms with Crippen molar-refractivity contribution in [2.24, 2.45) is 0 Å². The molecule has 0 saturated carbocycles. The van der Waals surface area contributed by atoms with Crippen molar-refractivity contribution >= 4 is 51.5 Å². The Morgan fingerprint density at radius 1 is 0.530 bits per heavy atom. The van der Waals surface area contributed by atoms with E-state index in [-0.39, 0.29) is 28.8 Å². The van der Waals surface area contributed by atoms with E-state index < -0.39 is 63.5 Å². The van der Waals surface area contributed by atoms with E-state index in [0.717, 1.165) is 96.6 Å². The minimum absolute atomic E-state index is 0.00197. The van der Waals surface area contributed by atoms with Crippen LogP contribution in [0, 0.1) is 42.9 Å². The monoisotopic (exact) mass is 1140 g/mol. The van der Waals surface area contributed by atoms with Crippen molar-refractivity contribution in [1.82, 2.24) is 38.9 Å². The largest absolute Gasteiger partial charge is 0.478 e. The summed E-state index contributed by atoms with van der Waals surface area (Å²) in [7, 11) is 0. The number of anilines is 3. The second-order valence-electron chi connectivity index (χ2n) is 19.4. The number of hydrogen-bond donors (Lipinski definition) is 4. The van der Waals surface area contributed by atoms with E-state index in [1.165, 1.54) is 72.8 Å². The molecule has 430 valence electrons. The van der Waals surface area contributed by atoms with Gasteiger partial charge in [-0.25, -0.2) is 36.7 Å². The topological polar surface area (TPSA) is 192 Å². The molecule has 83 heavy (non-hydrogen) atoms. The maximum atomic E-state index is 15.0. The van der Waals surface area contributed by atoms with Gasteiger partial charge in [-0.2, -0.15) is 9.97 Å². The summed E-state index contributed by atoms with van der Waals surface area (Å²) in [6.07, 6.45) is 1.56. The summed E-state index contributed by atoms with van der Waals surface area (Å²) >= 11 is 0. The van der Waals surface area contributed by atoms with Gasteiger partial charge in [0.25, 0.3) is 17.0 Å². The maximum Gasteiger partial charge on any atom is 0.335 e. The Morgan fingerprint density at radius 3 is 1.35 bits per heavy atom. The molecule has 9 rings (SSSR count). The van der Waals surface area contributed by atoms with E-state index in [1.807, 2.05) is 6.92 Å². The van der Waals surface area contributed by atoms with Crippen molar-refractivity contribution in [2.75, 3.05) is 68.3 Å². The van der Waals surface area contributed by atoms with Crippen LogP contribution in [0.1, 0.15) is 72.4 Å². The first-order valence-electron chi connectivity index (χ1n) is 27.2. The van der Waals surface area contributed by atoms with Gasteiger partial charge in [-0.05, 0) is 162 Å². The molecule has 4 aromatic heterocycles. The second kappa shape index (κ2) is 27.0. The molecule has 0 spiro atoms. The quantitative estimate of drug-likeness (QED) is 0.0393. The van der Waals surface area contributed by atoms with Crippen LogP contribution in [0.15, 0.2) is 131 Å². The first-order valence-corrected chi connectivity index (χ1v) is 27.2. The number of nitrogens with one attached hydrogen (secondary N) is 3. The summed E-state index contributed by atoms with van der Waals surface area (Å²) in [5.41, 5.74) is 1.60. The number of pyridine rings is 2. The van der Waals surface area contributed by atoms with Crippen LogP contribution < -0.4 is 27.1 Å². The highest BCUT2D eigenvalue weighted by atomic mass is 19.1. The first kappa shape index (κ1) is 59.9. The van der Waals surface area contributed by atoms with Crippen LogP contribution in [0.25, 0.3) is 56.0 Å². The van der Waals surface area contributed by atoms with Gasteiger partial charge in [0, 0.05) is 58.4 Å². The summed E-state index contributed by atoms with van der Waals surface area (Å²) in [6, 6.07) is 27.2. The molecule has 1 amide bonds. The van der Waals surface area contributed by atoms with E-state index in [2.05, 4.69) is 68.4 Å². The van der Waals surface area contributed by atoms with Crippen molar-refractivity contribution in [3.8, 4) is 33.9 Å². The number of carbonyl (C=O) groups is 2. The second-order valence-corrected chi connectivity index (χ2v) is 19.4. The summed E-state index contributed by atoms with van der Waals surface area (Å²) in [5, 5.41) is 19.4. The minimum Gasteiger partial charge on any atom is -0.478 e.